The molecule has 0 spiro atoms. The van der Waals surface area contributed by atoms with E-state index in [2.05, 4.69) is 4.72 Å². The number of aryl methyl sites for hydroxylation is 1. The van der Waals surface area contributed by atoms with Gasteiger partial charge in [0.2, 0.25) is 10.0 Å². The minimum absolute atomic E-state index is 0.141. The summed E-state index contributed by atoms with van der Waals surface area (Å²) >= 11 is 0. The molecule has 1 N–H and O–H groups in total. The Morgan fingerprint density at radius 3 is 2.11 bits per heavy atom. The minimum Gasteiger partial charge on any atom is -0.298 e. The zero-order chi connectivity index (χ0) is 14.0. The molecule has 1 aromatic carbocycles. The Bertz CT molecular complexity index is 524. The highest BCUT2D eigenvalue weighted by molar-refractivity contribution is 7.89. The average Bonchev–Trinajstić information content (AvgIpc) is 2.25. The van der Waals surface area contributed by atoms with Crippen LogP contribution >= 0.6 is 0 Å². The van der Waals surface area contributed by atoms with E-state index in [1.807, 2.05) is 6.92 Å². The van der Waals surface area contributed by atoms with Gasteiger partial charge in [-0.2, -0.15) is 0 Å². The third kappa shape index (κ3) is 3.92. The van der Waals surface area contributed by atoms with E-state index in [-0.39, 0.29) is 17.2 Å². The molecule has 0 heterocycles. The molecule has 18 heavy (non-hydrogen) atoms. The second-order valence-corrected chi connectivity index (χ2v) is 7.08. The van der Waals surface area contributed by atoms with Gasteiger partial charge in [-0.25, -0.2) is 13.1 Å². The monoisotopic (exact) mass is 269 g/mol. The van der Waals surface area contributed by atoms with Crippen LogP contribution in [0.5, 0.6) is 0 Å². The fraction of sp³-hybridized carbons (Fsp3) is 0.462. The van der Waals surface area contributed by atoms with Crippen molar-refractivity contribution in [3.63, 3.8) is 0 Å². The molecule has 0 unspecified atom stereocenters. The van der Waals surface area contributed by atoms with Crippen LogP contribution in [-0.2, 0) is 14.8 Å². The molecule has 0 atom stereocenters. The lowest BCUT2D eigenvalue weighted by Gasteiger charge is -2.16. The number of ketones is 1. The minimum atomic E-state index is -3.60. The van der Waals surface area contributed by atoms with Gasteiger partial charge < -0.3 is 0 Å². The molecule has 0 fully saturated rings. The molecule has 0 bridgehead atoms. The Morgan fingerprint density at radius 2 is 1.67 bits per heavy atom. The van der Waals surface area contributed by atoms with Crippen LogP contribution in [0.2, 0.25) is 0 Å². The van der Waals surface area contributed by atoms with Crippen molar-refractivity contribution in [2.45, 2.75) is 32.6 Å². The Morgan fingerprint density at radius 1 is 1.17 bits per heavy atom. The molecule has 0 aliphatic rings. The summed E-state index contributed by atoms with van der Waals surface area (Å²) in [5.74, 6) is -0.141. The lowest BCUT2D eigenvalue weighted by atomic mass is 9.91. The van der Waals surface area contributed by atoms with Crippen LogP contribution in [0.25, 0.3) is 0 Å². The highest BCUT2D eigenvalue weighted by Gasteiger charge is 2.23. The van der Waals surface area contributed by atoms with Gasteiger partial charge in [-0.3, -0.25) is 4.79 Å². The lowest BCUT2D eigenvalue weighted by molar-refractivity contribution is -0.125. The summed E-state index contributed by atoms with van der Waals surface area (Å²) in [6.07, 6.45) is 0. The predicted octanol–water partition coefficient (Wildman–Crippen LogP) is 1.89. The van der Waals surface area contributed by atoms with E-state index in [0.29, 0.717) is 0 Å². The van der Waals surface area contributed by atoms with Crippen LogP contribution in [0, 0.1) is 12.3 Å². The maximum atomic E-state index is 11.9. The first kappa shape index (κ1) is 14.9. The molecule has 0 saturated carbocycles. The molecule has 0 aromatic heterocycles. The van der Waals surface area contributed by atoms with Gasteiger partial charge in [0, 0.05) is 5.41 Å². The van der Waals surface area contributed by atoms with Gasteiger partial charge >= 0.3 is 0 Å². The highest BCUT2D eigenvalue weighted by Crippen LogP contribution is 2.15. The summed E-state index contributed by atoms with van der Waals surface area (Å²) in [6, 6.07) is 6.50. The van der Waals surface area contributed by atoms with Gasteiger partial charge in [-0.1, -0.05) is 38.5 Å². The number of hydrogen-bond donors (Lipinski definition) is 1. The van der Waals surface area contributed by atoms with E-state index in [1.165, 1.54) is 12.1 Å². The molecule has 1 rings (SSSR count). The summed E-state index contributed by atoms with van der Waals surface area (Å²) in [5, 5.41) is 0. The smallest absolute Gasteiger partial charge is 0.240 e. The maximum absolute atomic E-state index is 11.9. The number of carbonyl (C=O) groups excluding carboxylic acids is 1. The number of sulfonamides is 1. The van der Waals surface area contributed by atoms with Gasteiger partial charge in [0.05, 0.1) is 11.4 Å². The van der Waals surface area contributed by atoms with Crippen molar-refractivity contribution in [3.8, 4) is 0 Å². The number of hydrogen-bond acceptors (Lipinski definition) is 3. The number of carbonyl (C=O) groups is 1. The normalized spacial score (nSPS) is 12.4. The largest absolute Gasteiger partial charge is 0.298 e. The van der Waals surface area contributed by atoms with Crippen molar-refractivity contribution in [1.29, 1.82) is 0 Å². The third-order valence-corrected chi connectivity index (χ3v) is 4.01. The molecule has 0 amide bonds. The topological polar surface area (TPSA) is 63.2 Å². The van der Waals surface area contributed by atoms with Gasteiger partial charge in [0.1, 0.15) is 0 Å². The van der Waals surface area contributed by atoms with Crippen LogP contribution in [0.4, 0.5) is 0 Å². The standard InChI is InChI=1S/C13H19NO3S/c1-10-5-7-11(8-6-10)18(16,17)14-9-12(15)13(2,3)4/h5-8,14H,9H2,1-4H3. The summed E-state index contributed by atoms with van der Waals surface area (Å²) < 4.78 is 26.1. The summed E-state index contributed by atoms with van der Waals surface area (Å²) in [5.41, 5.74) is 0.440. The van der Waals surface area contributed by atoms with Gasteiger partial charge in [0.15, 0.2) is 5.78 Å². The first-order valence-electron chi connectivity index (χ1n) is 5.72. The van der Waals surface area contributed by atoms with Crippen molar-refractivity contribution < 1.29 is 13.2 Å². The molecule has 1 aromatic rings. The van der Waals surface area contributed by atoms with Crippen LogP contribution in [0.15, 0.2) is 29.2 Å². The number of benzene rings is 1. The third-order valence-electron chi connectivity index (χ3n) is 2.59. The van der Waals surface area contributed by atoms with E-state index < -0.39 is 15.4 Å². The Kier molecular flexibility index (Phi) is 4.29. The molecule has 0 radical (unpaired) electrons. The van der Waals surface area contributed by atoms with Crippen molar-refractivity contribution in [3.05, 3.63) is 29.8 Å². The van der Waals surface area contributed by atoms with E-state index in [9.17, 15) is 13.2 Å². The molecule has 4 nitrogen and oxygen atoms in total. The molecule has 0 aliphatic carbocycles. The molecular formula is C13H19NO3S. The molecule has 0 saturated heterocycles. The Hall–Kier alpha value is -1.20. The van der Waals surface area contributed by atoms with Crippen LogP contribution in [-0.4, -0.2) is 20.7 Å². The quantitative estimate of drug-likeness (QED) is 0.908. The average molecular weight is 269 g/mol. The van der Waals surface area contributed by atoms with E-state index >= 15 is 0 Å². The highest BCUT2D eigenvalue weighted by atomic mass is 32.2. The van der Waals surface area contributed by atoms with Gasteiger partial charge in [-0.05, 0) is 19.1 Å². The van der Waals surface area contributed by atoms with Crippen molar-refractivity contribution in [2.24, 2.45) is 5.41 Å². The van der Waals surface area contributed by atoms with Gasteiger partial charge in [0.25, 0.3) is 0 Å². The van der Waals surface area contributed by atoms with Crippen LogP contribution in [0.1, 0.15) is 26.3 Å². The SMILES string of the molecule is Cc1ccc(S(=O)(=O)NCC(=O)C(C)(C)C)cc1. The maximum Gasteiger partial charge on any atom is 0.240 e. The fourth-order valence-electron chi connectivity index (χ4n) is 1.23. The van der Waals surface area contributed by atoms with E-state index in [0.717, 1.165) is 5.56 Å². The number of rotatable bonds is 4. The van der Waals surface area contributed by atoms with E-state index in [4.69, 9.17) is 0 Å². The summed E-state index contributed by atoms with van der Waals surface area (Å²) in [6.45, 7) is 6.98. The predicted molar refractivity (Wildman–Crippen MR) is 70.8 cm³/mol. The van der Waals surface area contributed by atoms with E-state index in [1.54, 1.807) is 32.9 Å². The fourth-order valence-corrected chi connectivity index (χ4v) is 2.21. The van der Waals surface area contributed by atoms with Crippen molar-refractivity contribution in [2.75, 3.05) is 6.54 Å². The molecule has 5 heteroatoms. The molecular weight excluding hydrogens is 250 g/mol. The zero-order valence-corrected chi connectivity index (χ0v) is 12.0. The van der Waals surface area contributed by atoms with Gasteiger partial charge in [-0.15, -0.1) is 0 Å². The van der Waals surface area contributed by atoms with Crippen molar-refractivity contribution in [1.82, 2.24) is 4.72 Å². The lowest BCUT2D eigenvalue weighted by Crippen LogP contribution is -2.35. The zero-order valence-electron chi connectivity index (χ0n) is 11.1. The van der Waals surface area contributed by atoms with Crippen LogP contribution in [0.3, 0.4) is 0 Å². The second kappa shape index (κ2) is 5.20. The second-order valence-electron chi connectivity index (χ2n) is 5.31. The van der Waals surface area contributed by atoms with Crippen LogP contribution < -0.4 is 4.72 Å². The summed E-state index contributed by atoms with van der Waals surface area (Å²) in [4.78, 5) is 11.8. The Balaban J connectivity index is 2.78. The number of nitrogens with one attached hydrogen (secondary N) is 1. The Labute approximate surface area is 108 Å². The van der Waals surface area contributed by atoms with Crippen molar-refractivity contribution >= 4 is 15.8 Å². The molecule has 0 aliphatic heterocycles. The first-order chi connectivity index (χ1) is 8.13. The first-order valence-corrected chi connectivity index (χ1v) is 7.21. The number of Topliss-reactive ketones (excluding diaryl/α,β-unsaturated/α-hetero) is 1. The molecule has 100 valence electrons. The summed E-state index contributed by atoms with van der Waals surface area (Å²) in [7, 11) is -3.60.